The van der Waals surface area contributed by atoms with Gasteiger partial charge in [0.25, 0.3) is 0 Å². The largest absolute Gasteiger partial charge is 0.507 e. The summed E-state index contributed by atoms with van der Waals surface area (Å²) in [7, 11) is 0. The summed E-state index contributed by atoms with van der Waals surface area (Å²) in [5, 5.41) is 50.4. The molecular weight excluding hydrogens is 624 g/mol. The molecule has 3 heterocycles. The Hall–Kier alpha value is -2.84. The van der Waals surface area contributed by atoms with E-state index in [-0.39, 0.29) is 35.6 Å². The van der Waals surface area contributed by atoms with E-state index >= 15 is 0 Å². The smallest absolute Gasteiger partial charge is 0.166 e. The number of likely N-dealkylation sites (tertiary alicyclic amines) is 2. The van der Waals surface area contributed by atoms with Crippen molar-refractivity contribution in [3.8, 4) is 28.4 Å². The van der Waals surface area contributed by atoms with E-state index in [4.69, 9.17) is 4.74 Å². The lowest BCUT2D eigenvalue weighted by atomic mass is 9.47. The molecule has 7 heteroatoms. The second kappa shape index (κ2) is 9.20. The third-order valence-electron chi connectivity index (χ3n) is 16.5. The van der Waals surface area contributed by atoms with Crippen LogP contribution in [-0.4, -0.2) is 85.8 Å². The molecule has 0 aromatic heterocycles. The lowest BCUT2D eigenvalue weighted by molar-refractivity contribution is -0.174. The second-order valence-electron chi connectivity index (χ2n) is 18.6. The summed E-state index contributed by atoms with van der Waals surface area (Å²) in [6.45, 7) is 13.1. The van der Waals surface area contributed by atoms with Crippen molar-refractivity contribution in [1.29, 1.82) is 0 Å². The lowest BCUT2D eigenvalue weighted by Crippen LogP contribution is -2.75. The zero-order valence-electron chi connectivity index (χ0n) is 29.1. The standard InChI is InChI=1S/C43H50N2O5/c1-22-7-9-42(48)32-17-26-15-28(36(46)30-19-31(22)40(42,34(26)30)11-13-44(32)20-24-3-4-24)29-16-27-18-33-43(49)10-8-23(2)39-41(43,35(27)38(50-39)37(29)47)12-14-45(33)21-25-5-6-25/h15-16,24-25,31-33,39,46-49H,1-14,17-21H2/t31-,32?,33+,39-,40+,41?,42+,43+/m0/s1. The number of aliphatic hydroxyl groups is 2. The van der Waals surface area contributed by atoms with E-state index in [1.165, 1.54) is 42.4 Å². The van der Waals surface area contributed by atoms with E-state index in [1.54, 1.807) is 0 Å². The summed E-state index contributed by atoms with van der Waals surface area (Å²) in [4.78, 5) is 5.17. The summed E-state index contributed by atoms with van der Waals surface area (Å²) in [6.07, 6.45) is 11.6. The fraction of sp³-hybridized carbons (Fsp3) is 0.628. The molecule has 262 valence electrons. The molecule has 4 saturated carbocycles. The first-order valence-corrected chi connectivity index (χ1v) is 19.8. The van der Waals surface area contributed by atoms with Crippen molar-refractivity contribution in [2.24, 2.45) is 17.8 Å². The molecule has 2 saturated heterocycles. The summed E-state index contributed by atoms with van der Waals surface area (Å²) >= 11 is 0. The first-order chi connectivity index (χ1) is 24.1. The van der Waals surface area contributed by atoms with Crippen molar-refractivity contribution in [2.45, 2.75) is 124 Å². The fourth-order valence-corrected chi connectivity index (χ4v) is 14.0. The molecule has 10 aliphatic rings. The van der Waals surface area contributed by atoms with Crippen molar-refractivity contribution in [2.75, 3.05) is 26.2 Å². The Morgan fingerprint density at radius 1 is 0.700 bits per heavy atom. The van der Waals surface area contributed by atoms with E-state index < -0.39 is 22.0 Å². The van der Waals surface area contributed by atoms with Crippen LogP contribution in [0.15, 0.2) is 36.4 Å². The van der Waals surface area contributed by atoms with Gasteiger partial charge in [-0.05, 0) is 154 Å². The van der Waals surface area contributed by atoms with E-state index in [1.807, 2.05) is 0 Å². The number of benzene rings is 2. The number of hydrogen-bond donors (Lipinski definition) is 4. The zero-order chi connectivity index (χ0) is 33.7. The number of ether oxygens (including phenoxy) is 1. The number of allylic oxidation sites excluding steroid dienone is 1. The molecule has 2 unspecified atom stereocenters. The molecule has 4 N–H and O–H groups in total. The minimum atomic E-state index is -0.934. The molecule has 12 rings (SSSR count). The van der Waals surface area contributed by atoms with Gasteiger partial charge in [-0.1, -0.05) is 18.7 Å². The summed E-state index contributed by atoms with van der Waals surface area (Å²) < 4.78 is 6.83. The number of piperidine rings is 2. The van der Waals surface area contributed by atoms with E-state index in [0.717, 1.165) is 98.8 Å². The van der Waals surface area contributed by atoms with E-state index in [2.05, 4.69) is 35.1 Å². The van der Waals surface area contributed by atoms with Crippen molar-refractivity contribution >= 4 is 0 Å². The third-order valence-corrected chi connectivity index (χ3v) is 16.5. The SMILES string of the molecule is C=C1CC[C@@]2(O)[C@H]3Cc4cc(-c5cc6c7c(c5O)C[C@H]5C(=C)CC[C@@]8(O)C(C6)N(CC6CC6)CC[C@]758)c(O)c5c4C2(CCN3CC2CC2)[C@H]1O5. The number of phenols is 2. The molecule has 8 atom stereocenters. The van der Waals surface area contributed by atoms with Crippen LogP contribution < -0.4 is 4.74 Å². The van der Waals surface area contributed by atoms with Gasteiger partial charge in [0.15, 0.2) is 11.5 Å². The van der Waals surface area contributed by atoms with Gasteiger partial charge >= 0.3 is 0 Å². The molecule has 0 radical (unpaired) electrons. The fourth-order valence-electron chi connectivity index (χ4n) is 14.0. The third kappa shape index (κ3) is 3.23. The Labute approximate surface area is 294 Å². The molecule has 0 amide bonds. The second-order valence-corrected chi connectivity index (χ2v) is 18.6. The first kappa shape index (κ1) is 29.7. The molecule has 2 spiro atoms. The summed E-state index contributed by atoms with van der Waals surface area (Å²) in [6, 6.07) is 4.34. The highest BCUT2D eigenvalue weighted by Crippen LogP contribution is 2.70. The van der Waals surface area contributed by atoms with Crippen molar-refractivity contribution < 1.29 is 25.2 Å². The maximum absolute atomic E-state index is 12.9. The molecule has 7 nitrogen and oxygen atoms in total. The van der Waals surface area contributed by atoms with Crippen LogP contribution >= 0.6 is 0 Å². The number of aromatic hydroxyl groups is 2. The van der Waals surface area contributed by atoms with Gasteiger partial charge < -0.3 is 25.2 Å². The summed E-state index contributed by atoms with van der Waals surface area (Å²) in [5.41, 5.74) is 6.22. The van der Waals surface area contributed by atoms with Crippen LogP contribution in [0.25, 0.3) is 11.1 Å². The predicted molar refractivity (Wildman–Crippen MR) is 190 cm³/mol. The predicted octanol–water partition coefficient (Wildman–Crippen LogP) is 5.42. The highest BCUT2D eigenvalue weighted by Gasteiger charge is 2.73. The summed E-state index contributed by atoms with van der Waals surface area (Å²) in [5.74, 6) is 2.40. The van der Waals surface area contributed by atoms with Gasteiger partial charge in [0.1, 0.15) is 11.9 Å². The van der Waals surface area contributed by atoms with Gasteiger partial charge in [0.05, 0.1) is 16.6 Å². The minimum absolute atomic E-state index is 0.00981. The van der Waals surface area contributed by atoms with Crippen LogP contribution in [0.4, 0.5) is 0 Å². The number of hydrogen-bond acceptors (Lipinski definition) is 7. The molecule has 3 aliphatic heterocycles. The molecule has 6 fully saturated rings. The van der Waals surface area contributed by atoms with Crippen LogP contribution in [0.1, 0.15) is 92.0 Å². The average Bonchev–Trinajstić information content (AvgIpc) is 4.02. The molecule has 50 heavy (non-hydrogen) atoms. The van der Waals surface area contributed by atoms with E-state index in [9.17, 15) is 20.4 Å². The molecule has 4 bridgehead atoms. The Balaban J connectivity index is 1.04. The van der Waals surface area contributed by atoms with Gasteiger partial charge in [-0.25, -0.2) is 0 Å². The minimum Gasteiger partial charge on any atom is -0.507 e. The average molecular weight is 675 g/mol. The van der Waals surface area contributed by atoms with Crippen LogP contribution in [0.2, 0.25) is 0 Å². The maximum Gasteiger partial charge on any atom is 0.166 e. The Morgan fingerprint density at radius 2 is 1.26 bits per heavy atom. The van der Waals surface area contributed by atoms with Crippen molar-refractivity contribution in [1.82, 2.24) is 9.80 Å². The van der Waals surface area contributed by atoms with Gasteiger partial charge in [-0.3, -0.25) is 9.80 Å². The zero-order valence-corrected chi connectivity index (χ0v) is 29.1. The normalized spacial score (nSPS) is 42.0. The van der Waals surface area contributed by atoms with Gasteiger partial charge in [0, 0.05) is 47.3 Å². The van der Waals surface area contributed by atoms with Gasteiger partial charge in [-0.2, -0.15) is 0 Å². The number of rotatable bonds is 5. The van der Waals surface area contributed by atoms with Crippen molar-refractivity contribution in [3.05, 3.63) is 64.3 Å². The van der Waals surface area contributed by atoms with Crippen molar-refractivity contribution in [3.63, 3.8) is 0 Å². The quantitative estimate of drug-likeness (QED) is 0.315. The first-order valence-electron chi connectivity index (χ1n) is 19.8. The molecule has 2 aromatic rings. The highest BCUT2D eigenvalue weighted by molar-refractivity contribution is 5.85. The van der Waals surface area contributed by atoms with Crippen LogP contribution in [-0.2, 0) is 30.1 Å². The monoisotopic (exact) mass is 674 g/mol. The Bertz CT molecular complexity index is 1820. The molecule has 7 aliphatic carbocycles. The number of nitrogens with zero attached hydrogens (tertiary/aromatic N) is 2. The van der Waals surface area contributed by atoms with Gasteiger partial charge in [0.2, 0.25) is 0 Å². The Morgan fingerprint density at radius 3 is 1.90 bits per heavy atom. The highest BCUT2D eigenvalue weighted by atomic mass is 16.5. The topological polar surface area (TPSA) is 96.6 Å². The maximum atomic E-state index is 12.9. The van der Waals surface area contributed by atoms with Crippen LogP contribution in [0, 0.1) is 17.8 Å². The molecule has 2 aromatic carbocycles. The number of phenolic OH excluding ortho intramolecular Hbond substituents is 2. The van der Waals surface area contributed by atoms with E-state index in [0.29, 0.717) is 36.1 Å². The molecular formula is C43H50N2O5. The lowest BCUT2D eigenvalue weighted by Gasteiger charge is -2.65. The Kier molecular flexibility index (Phi) is 5.47. The van der Waals surface area contributed by atoms with Crippen LogP contribution in [0.3, 0.4) is 0 Å². The van der Waals surface area contributed by atoms with Crippen LogP contribution in [0.5, 0.6) is 17.2 Å². The van der Waals surface area contributed by atoms with Gasteiger partial charge in [-0.15, -0.1) is 0 Å².